The van der Waals surface area contributed by atoms with Crippen molar-refractivity contribution in [1.29, 1.82) is 0 Å². The Kier molecular flexibility index (Phi) is 7.50. The number of imide groups is 1. The quantitative estimate of drug-likeness (QED) is 0.575. The summed E-state index contributed by atoms with van der Waals surface area (Å²) in [4.78, 5) is 36.1. The Hall–Kier alpha value is -2.51. The van der Waals surface area contributed by atoms with E-state index in [-0.39, 0.29) is 5.75 Å². The number of benzene rings is 2. The molecule has 0 aliphatic heterocycles. The van der Waals surface area contributed by atoms with Gasteiger partial charge in [0.05, 0.1) is 17.9 Å². The Bertz CT molecular complexity index is 794. The van der Waals surface area contributed by atoms with Gasteiger partial charge in [0.15, 0.2) is 6.61 Å². The number of amides is 2. The summed E-state index contributed by atoms with van der Waals surface area (Å²) >= 11 is 7.19. The molecule has 6 nitrogen and oxygen atoms in total. The lowest BCUT2D eigenvalue weighted by Gasteiger charge is -2.07. The molecule has 0 aliphatic carbocycles. The van der Waals surface area contributed by atoms with Crippen molar-refractivity contribution in [2.75, 3.05) is 19.5 Å². The van der Waals surface area contributed by atoms with Crippen LogP contribution in [0.5, 0.6) is 5.75 Å². The molecule has 8 heteroatoms. The van der Waals surface area contributed by atoms with Gasteiger partial charge in [0.25, 0.3) is 11.8 Å². The number of thioether (sulfide) groups is 1. The number of nitrogens with one attached hydrogen (secondary N) is 1. The van der Waals surface area contributed by atoms with E-state index in [9.17, 15) is 14.4 Å². The van der Waals surface area contributed by atoms with E-state index in [1.807, 2.05) is 0 Å². The minimum Gasteiger partial charge on any atom is -0.497 e. The van der Waals surface area contributed by atoms with Gasteiger partial charge in [0.2, 0.25) is 0 Å². The molecule has 0 saturated carbocycles. The zero-order valence-electron chi connectivity index (χ0n) is 13.9. The lowest BCUT2D eigenvalue weighted by molar-refractivity contribution is -0.145. The van der Waals surface area contributed by atoms with Crippen LogP contribution < -0.4 is 10.1 Å². The van der Waals surface area contributed by atoms with Crippen molar-refractivity contribution in [1.82, 2.24) is 5.32 Å². The Balaban J connectivity index is 1.74. The van der Waals surface area contributed by atoms with Crippen LogP contribution in [0.2, 0.25) is 5.02 Å². The van der Waals surface area contributed by atoms with E-state index in [4.69, 9.17) is 21.1 Å². The number of hydrogen-bond acceptors (Lipinski definition) is 6. The van der Waals surface area contributed by atoms with E-state index >= 15 is 0 Å². The molecule has 26 heavy (non-hydrogen) atoms. The third-order valence-corrected chi connectivity index (χ3v) is 4.64. The van der Waals surface area contributed by atoms with Gasteiger partial charge in [-0.15, -0.1) is 11.8 Å². The molecular formula is C18H16ClNO5S. The molecule has 0 atom stereocenters. The van der Waals surface area contributed by atoms with Crippen LogP contribution in [-0.4, -0.2) is 37.3 Å². The highest BCUT2D eigenvalue weighted by molar-refractivity contribution is 8.00. The van der Waals surface area contributed by atoms with Crippen molar-refractivity contribution in [2.45, 2.75) is 4.90 Å². The summed E-state index contributed by atoms with van der Waals surface area (Å²) in [5.41, 5.74) is 0.291. The average Bonchev–Trinajstić information content (AvgIpc) is 2.65. The van der Waals surface area contributed by atoms with Crippen LogP contribution in [0, 0.1) is 0 Å². The molecule has 0 aliphatic rings. The van der Waals surface area contributed by atoms with Crippen molar-refractivity contribution in [3.63, 3.8) is 0 Å². The smallest absolute Gasteiger partial charge is 0.316 e. The second-order valence-corrected chi connectivity index (χ2v) is 6.41. The monoisotopic (exact) mass is 393 g/mol. The number of methoxy groups -OCH3 is 1. The minimum absolute atomic E-state index is 0.00341. The van der Waals surface area contributed by atoms with Gasteiger partial charge in [-0.25, -0.2) is 0 Å². The van der Waals surface area contributed by atoms with Crippen molar-refractivity contribution in [3.05, 3.63) is 59.1 Å². The molecule has 2 amide bonds. The summed E-state index contributed by atoms with van der Waals surface area (Å²) in [6.07, 6.45) is 0. The zero-order valence-corrected chi connectivity index (χ0v) is 15.4. The lowest BCUT2D eigenvalue weighted by Crippen LogP contribution is -2.34. The molecule has 0 bridgehead atoms. The molecule has 1 N–H and O–H groups in total. The molecule has 2 rings (SSSR count). The SMILES string of the molecule is COc1ccc(C(=O)NC(=O)COC(=O)CSc2ccccc2Cl)cc1. The molecule has 136 valence electrons. The first kappa shape index (κ1) is 19.8. The molecule has 0 fully saturated rings. The second kappa shape index (κ2) is 9.84. The number of carbonyl (C=O) groups excluding carboxylic acids is 3. The molecule has 0 aromatic heterocycles. The molecule has 2 aromatic rings. The zero-order chi connectivity index (χ0) is 18.9. The maximum Gasteiger partial charge on any atom is 0.316 e. The fraction of sp³-hybridized carbons (Fsp3) is 0.167. The Morgan fingerprint density at radius 2 is 1.77 bits per heavy atom. The molecule has 0 saturated heterocycles. The molecule has 0 heterocycles. The van der Waals surface area contributed by atoms with Crippen molar-refractivity contribution < 1.29 is 23.9 Å². The largest absolute Gasteiger partial charge is 0.497 e. The number of ether oxygens (including phenoxy) is 2. The Morgan fingerprint density at radius 1 is 1.08 bits per heavy atom. The van der Waals surface area contributed by atoms with Crippen molar-refractivity contribution in [2.24, 2.45) is 0 Å². The summed E-state index contributed by atoms with van der Waals surface area (Å²) in [6.45, 7) is -0.538. The van der Waals surface area contributed by atoms with E-state index in [0.717, 1.165) is 4.90 Å². The standard InChI is InChI=1S/C18H16ClNO5S/c1-24-13-8-6-12(7-9-13)18(23)20-16(21)10-25-17(22)11-26-15-5-3-2-4-14(15)19/h2-9H,10-11H2,1H3,(H,20,21,23). The molecule has 0 spiro atoms. The number of halogens is 1. The van der Waals surface area contributed by atoms with Gasteiger partial charge in [0, 0.05) is 10.5 Å². The summed E-state index contributed by atoms with van der Waals surface area (Å²) < 4.78 is 9.84. The van der Waals surface area contributed by atoms with E-state index in [1.54, 1.807) is 36.4 Å². The molecule has 0 unspecified atom stereocenters. The Labute approximate surface area is 159 Å². The fourth-order valence-electron chi connectivity index (χ4n) is 1.86. The van der Waals surface area contributed by atoms with Crippen molar-refractivity contribution in [3.8, 4) is 5.75 Å². The average molecular weight is 394 g/mol. The summed E-state index contributed by atoms with van der Waals surface area (Å²) in [5, 5.41) is 2.68. The molecule has 2 aromatic carbocycles. The second-order valence-electron chi connectivity index (χ2n) is 4.99. The third-order valence-electron chi connectivity index (χ3n) is 3.15. The van der Waals surface area contributed by atoms with Crippen LogP contribution in [0.3, 0.4) is 0 Å². The van der Waals surface area contributed by atoms with Crippen LogP contribution in [0.1, 0.15) is 10.4 Å². The van der Waals surface area contributed by atoms with Gasteiger partial charge in [-0.3, -0.25) is 19.7 Å². The van der Waals surface area contributed by atoms with Gasteiger partial charge in [0.1, 0.15) is 5.75 Å². The Morgan fingerprint density at radius 3 is 2.42 bits per heavy atom. The first-order valence-electron chi connectivity index (χ1n) is 7.51. The van der Waals surface area contributed by atoms with Crippen LogP contribution in [0.25, 0.3) is 0 Å². The van der Waals surface area contributed by atoms with Gasteiger partial charge < -0.3 is 9.47 Å². The normalized spacial score (nSPS) is 10.1. The predicted molar refractivity (Wildman–Crippen MR) is 98.6 cm³/mol. The third kappa shape index (κ3) is 6.09. The maximum atomic E-state index is 11.9. The highest BCUT2D eigenvalue weighted by Crippen LogP contribution is 2.26. The lowest BCUT2D eigenvalue weighted by atomic mass is 10.2. The number of hydrogen-bond donors (Lipinski definition) is 1. The van der Waals surface area contributed by atoms with Crippen LogP contribution in [-0.2, 0) is 14.3 Å². The number of carbonyl (C=O) groups is 3. The van der Waals surface area contributed by atoms with E-state index in [2.05, 4.69) is 5.32 Å². The van der Waals surface area contributed by atoms with Gasteiger partial charge >= 0.3 is 5.97 Å². The van der Waals surface area contributed by atoms with Gasteiger partial charge in [-0.1, -0.05) is 23.7 Å². The summed E-state index contributed by atoms with van der Waals surface area (Å²) in [5.74, 6) is -1.27. The first-order chi connectivity index (χ1) is 12.5. The van der Waals surface area contributed by atoms with Crippen LogP contribution in [0.4, 0.5) is 0 Å². The van der Waals surface area contributed by atoms with E-state index < -0.39 is 24.4 Å². The summed E-state index contributed by atoms with van der Waals surface area (Å²) in [6, 6.07) is 13.3. The fourth-order valence-corrected chi connectivity index (χ4v) is 2.90. The number of rotatable bonds is 7. The van der Waals surface area contributed by atoms with Gasteiger partial charge in [-0.2, -0.15) is 0 Å². The molecular weight excluding hydrogens is 378 g/mol. The highest BCUT2D eigenvalue weighted by Gasteiger charge is 2.13. The van der Waals surface area contributed by atoms with E-state index in [0.29, 0.717) is 16.3 Å². The van der Waals surface area contributed by atoms with Crippen LogP contribution >= 0.6 is 23.4 Å². The predicted octanol–water partition coefficient (Wildman–Crippen LogP) is 2.94. The first-order valence-corrected chi connectivity index (χ1v) is 8.87. The highest BCUT2D eigenvalue weighted by atomic mass is 35.5. The topological polar surface area (TPSA) is 81.7 Å². The summed E-state index contributed by atoms with van der Waals surface area (Å²) in [7, 11) is 1.51. The van der Waals surface area contributed by atoms with Crippen molar-refractivity contribution >= 4 is 41.1 Å². The molecule has 0 radical (unpaired) electrons. The van der Waals surface area contributed by atoms with Crippen LogP contribution in [0.15, 0.2) is 53.4 Å². The number of esters is 1. The minimum atomic E-state index is -0.707. The van der Waals surface area contributed by atoms with Gasteiger partial charge in [-0.05, 0) is 36.4 Å². The van der Waals surface area contributed by atoms with E-state index in [1.165, 1.54) is 31.0 Å². The maximum absolute atomic E-state index is 11.9.